The Labute approximate surface area is 189 Å². The van der Waals surface area contributed by atoms with Crippen molar-refractivity contribution in [1.82, 2.24) is 25.1 Å². The molecule has 3 aromatic rings. The summed E-state index contributed by atoms with van der Waals surface area (Å²) in [6.45, 7) is 6.90. The number of alkyl halides is 3. The third-order valence-corrected chi connectivity index (χ3v) is 5.72. The summed E-state index contributed by atoms with van der Waals surface area (Å²) in [4.78, 5) is 2.07. The van der Waals surface area contributed by atoms with E-state index in [4.69, 9.17) is 0 Å². The van der Waals surface area contributed by atoms with Gasteiger partial charge in [0.25, 0.3) is 0 Å². The Morgan fingerprint density at radius 1 is 1.00 bits per heavy atom. The molecule has 0 saturated heterocycles. The molecular formula is C24H25F4N5. The second-order valence-corrected chi connectivity index (χ2v) is 9.13. The molecule has 5 nitrogen and oxygen atoms in total. The van der Waals surface area contributed by atoms with Crippen molar-refractivity contribution in [3.8, 4) is 0 Å². The van der Waals surface area contributed by atoms with E-state index in [1.807, 2.05) is 26.8 Å². The van der Waals surface area contributed by atoms with Gasteiger partial charge in [-0.3, -0.25) is 4.90 Å². The standard InChI is InChI=1S/C24H25F4N5/c1-23(2,3)33-22(29-30-31-33)21(18-5-4-6-19(15-18)24(26,27)28)32-13-11-17(12-14-32)16-7-9-20(25)10-8-16/h4-11,15,21H,12-14H2,1-3H3/t21-/m0/s1. The number of tetrazole rings is 1. The summed E-state index contributed by atoms with van der Waals surface area (Å²) in [5, 5.41) is 12.2. The van der Waals surface area contributed by atoms with Gasteiger partial charge >= 0.3 is 6.18 Å². The van der Waals surface area contributed by atoms with Crippen LogP contribution >= 0.6 is 0 Å². The Morgan fingerprint density at radius 2 is 1.73 bits per heavy atom. The lowest BCUT2D eigenvalue weighted by atomic mass is 9.95. The smallest absolute Gasteiger partial charge is 0.286 e. The maximum atomic E-state index is 13.5. The highest BCUT2D eigenvalue weighted by molar-refractivity contribution is 5.66. The molecule has 0 bridgehead atoms. The zero-order chi connectivity index (χ0) is 23.8. The Morgan fingerprint density at radius 3 is 2.33 bits per heavy atom. The van der Waals surface area contributed by atoms with Crippen molar-refractivity contribution in [3.63, 3.8) is 0 Å². The number of benzene rings is 2. The van der Waals surface area contributed by atoms with Gasteiger partial charge in [-0.1, -0.05) is 30.3 Å². The van der Waals surface area contributed by atoms with Crippen LogP contribution in [0.25, 0.3) is 5.57 Å². The summed E-state index contributed by atoms with van der Waals surface area (Å²) in [6, 6.07) is 11.1. The molecule has 0 amide bonds. The van der Waals surface area contributed by atoms with Gasteiger partial charge in [-0.05, 0) is 78.6 Å². The Bertz CT molecular complexity index is 1140. The van der Waals surface area contributed by atoms with Gasteiger partial charge in [0.15, 0.2) is 5.82 Å². The minimum atomic E-state index is -4.45. The van der Waals surface area contributed by atoms with Crippen LogP contribution in [-0.2, 0) is 11.7 Å². The van der Waals surface area contributed by atoms with Gasteiger partial charge in [-0.15, -0.1) is 5.10 Å². The second-order valence-electron chi connectivity index (χ2n) is 9.13. The van der Waals surface area contributed by atoms with E-state index in [0.717, 1.165) is 17.2 Å². The van der Waals surface area contributed by atoms with Crippen LogP contribution in [0.4, 0.5) is 17.6 Å². The lowest BCUT2D eigenvalue weighted by molar-refractivity contribution is -0.137. The van der Waals surface area contributed by atoms with E-state index in [2.05, 4.69) is 20.4 Å². The highest BCUT2D eigenvalue weighted by Gasteiger charge is 2.35. The van der Waals surface area contributed by atoms with Gasteiger partial charge in [0.05, 0.1) is 17.1 Å². The molecule has 1 atom stereocenters. The van der Waals surface area contributed by atoms with Crippen LogP contribution in [0.1, 0.15) is 55.7 Å². The van der Waals surface area contributed by atoms with Crippen molar-refractivity contribution >= 4 is 5.57 Å². The van der Waals surface area contributed by atoms with Gasteiger partial charge in [-0.2, -0.15) is 13.2 Å². The Hall–Kier alpha value is -3.07. The molecule has 0 saturated carbocycles. The minimum Gasteiger partial charge on any atom is -0.286 e. The molecule has 0 spiro atoms. The lowest BCUT2D eigenvalue weighted by Gasteiger charge is -2.35. The van der Waals surface area contributed by atoms with Gasteiger partial charge < -0.3 is 0 Å². The molecule has 2 aromatic carbocycles. The molecule has 174 valence electrons. The van der Waals surface area contributed by atoms with Gasteiger partial charge in [0.1, 0.15) is 5.82 Å². The molecule has 1 aliphatic heterocycles. The summed E-state index contributed by atoms with van der Waals surface area (Å²) < 4.78 is 55.3. The van der Waals surface area contributed by atoms with Crippen LogP contribution < -0.4 is 0 Å². The molecule has 1 aliphatic rings. The molecule has 33 heavy (non-hydrogen) atoms. The van der Waals surface area contributed by atoms with E-state index >= 15 is 0 Å². The third kappa shape index (κ3) is 4.98. The maximum absolute atomic E-state index is 13.5. The average Bonchev–Trinajstić information content (AvgIpc) is 3.25. The molecule has 0 aliphatic carbocycles. The predicted octanol–water partition coefficient (Wildman–Crippen LogP) is 5.46. The molecule has 0 radical (unpaired) electrons. The van der Waals surface area contributed by atoms with Crippen LogP contribution in [-0.4, -0.2) is 38.2 Å². The average molecular weight is 459 g/mol. The van der Waals surface area contributed by atoms with Gasteiger partial charge in [0, 0.05) is 13.1 Å². The molecule has 2 heterocycles. The summed E-state index contributed by atoms with van der Waals surface area (Å²) in [7, 11) is 0. The Balaban J connectivity index is 1.74. The quantitative estimate of drug-likeness (QED) is 0.486. The highest BCUT2D eigenvalue weighted by atomic mass is 19.4. The zero-order valence-corrected chi connectivity index (χ0v) is 18.6. The van der Waals surface area contributed by atoms with Gasteiger partial charge in [-0.25, -0.2) is 9.07 Å². The van der Waals surface area contributed by atoms with E-state index in [-0.39, 0.29) is 5.82 Å². The number of hydrogen-bond donors (Lipinski definition) is 0. The molecule has 1 aromatic heterocycles. The van der Waals surface area contributed by atoms with E-state index in [1.54, 1.807) is 22.9 Å². The number of hydrogen-bond acceptors (Lipinski definition) is 4. The summed E-state index contributed by atoms with van der Waals surface area (Å²) in [5.41, 5.74) is 1.32. The molecule has 4 rings (SSSR count). The van der Waals surface area contributed by atoms with Crippen LogP contribution in [0.3, 0.4) is 0 Å². The summed E-state index contributed by atoms with van der Waals surface area (Å²) >= 11 is 0. The van der Waals surface area contributed by atoms with E-state index in [9.17, 15) is 17.6 Å². The third-order valence-electron chi connectivity index (χ3n) is 5.72. The Kier molecular flexibility index (Phi) is 6.09. The van der Waals surface area contributed by atoms with Crippen molar-refractivity contribution in [2.24, 2.45) is 0 Å². The van der Waals surface area contributed by atoms with Crippen molar-refractivity contribution in [2.75, 3.05) is 13.1 Å². The van der Waals surface area contributed by atoms with Crippen molar-refractivity contribution < 1.29 is 17.6 Å². The summed E-state index contributed by atoms with van der Waals surface area (Å²) in [5.74, 6) is 0.191. The first-order valence-corrected chi connectivity index (χ1v) is 10.7. The van der Waals surface area contributed by atoms with E-state index in [1.165, 1.54) is 24.3 Å². The molecule has 0 unspecified atom stereocenters. The number of aromatic nitrogens is 4. The van der Waals surface area contributed by atoms with E-state index < -0.39 is 23.3 Å². The fourth-order valence-electron chi connectivity index (χ4n) is 4.10. The molecular weight excluding hydrogens is 434 g/mol. The van der Waals surface area contributed by atoms with Crippen LogP contribution in [0.2, 0.25) is 0 Å². The largest absolute Gasteiger partial charge is 0.416 e. The minimum absolute atomic E-state index is 0.296. The SMILES string of the molecule is CC(C)(C)n1nnnc1[C@H](c1cccc(C(F)(F)F)c1)N1CC=C(c2ccc(F)cc2)CC1. The predicted molar refractivity (Wildman–Crippen MR) is 117 cm³/mol. The zero-order valence-electron chi connectivity index (χ0n) is 18.6. The fourth-order valence-corrected chi connectivity index (χ4v) is 4.10. The van der Waals surface area contributed by atoms with E-state index in [0.29, 0.717) is 30.9 Å². The lowest BCUT2D eigenvalue weighted by Crippen LogP contribution is -2.37. The topological polar surface area (TPSA) is 46.8 Å². The summed E-state index contributed by atoms with van der Waals surface area (Å²) in [6.07, 6.45) is -1.76. The van der Waals surface area contributed by atoms with Crippen LogP contribution in [0.15, 0.2) is 54.6 Å². The first-order chi connectivity index (χ1) is 15.5. The fraction of sp³-hybridized carbons (Fsp3) is 0.375. The number of halogens is 4. The van der Waals surface area contributed by atoms with Crippen molar-refractivity contribution in [3.05, 3.63) is 82.9 Å². The highest BCUT2D eigenvalue weighted by Crippen LogP contribution is 2.36. The maximum Gasteiger partial charge on any atom is 0.416 e. The molecule has 0 N–H and O–H groups in total. The van der Waals surface area contributed by atoms with Crippen molar-refractivity contribution in [1.29, 1.82) is 0 Å². The molecule has 0 fully saturated rings. The second kappa shape index (κ2) is 8.70. The van der Waals surface area contributed by atoms with Crippen LogP contribution in [0, 0.1) is 5.82 Å². The van der Waals surface area contributed by atoms with Crippen molar-refractivity contribution in [2.45, 2.75) is 44.9 Å². The number of nitrogens with zero attached hydrogens (tertiary/aromatic N) is 5. The normalized spacial score (nSPS) is 16.5. The number of rotatable bonds is 4. The molecule has 9 heteroatoms. The first-order valence-electron chi connectivity index (χ1n) is 10.7. The monoisotopic (exact) mass is 459 g/mol. The van der Waals surface area contributed by atoms with Gasteiger partial charge in [0.2, 0.25) is 0 Å². The first kappa shape index (κ1) is 23.1. The van der Waals surface area contributed by atoms with Crippen LogP contribution in [0.5, 0.6) is 0 Å².